The summed E-state index contributed by atoms with van der Waals surface area (Å²) in [6.45, 7) is 11.4. The summed E-state index contributed by atoms with van der Waals surface area (Å²) in [5.74, 6) is -3.10. The zero-order valence-corrected chi connectivity index (χ0v) is 20.7. The van der Waals surface area contributed by atoms with Crippen LogP contribution in [0.15, 0.2) is 35.5 Å². The first-order valence-corrected chi connectivity index (χ1v) is 11.6. The summed E-state index contributed by atoms with van der Waals surface area (Å²) in [5, 5.41) is 1.99. The summed E-state index contributed by atoms with van der Waals surface area (Å²) in [4.78, 5) is 40.7. The van der Waals surface area contributed by atoms with Gasteiger partial charge in [-0.15, -0.1) is 0 Å². The summed E-state index contributed by atoms with van der Waals surface area (Å²) in [6, 6.07) is 6.24. The highest BCUT2D eigenvalue weighted by atomic mass is 19.4. The van der Waals surface area contributed by atoms with Crippen molar-refractivity contribution < 1.29 is 27.6 Å². The third kappa shape index (κ3) is 4.39. The number of halogens is 3. The molecule has 1 unspecified atom stereocenters. The number of benzene rings is 1. The number of allylic oxidation sites excluding steroid dienone is 1. The predicted molar refractivity (Wildman–Crippen MR) is 123 cm³/mol. The number of carbonyl (C=O) groups is 3. The number of unbranched alkanes of at least 4 members (excludes halogenated alkanes) is 1. The number of Topliss-reactive ketones (excluding diaryl/α,β-unsaturated/α-hetero) is 1. The van der Waals surface area contributed by atoms with Crippen LogP contribution in [0.3, 0.4) is 0 Å². The Kier molecular flexibility index (Phi) is 6.52. The Morgan fingerprint density at radius 2 is 1.65 bits per heavy atom. The van der Waals surface area contributed by atoms with Gasteiger partial charge in [-0.25, -0.2) is 0 Å². The minimum Gasteiger partial charge on any atom is -0.326 e. The fraction of sp³-hybridized carbons (Fsp3) is 0.577. The van der Waals surface area contributed by atoms with E-state index >= 15 is 0 Å². The smallest absolute Gasteiger partial charge is 0.326 e. The molecule has 1 N–H and O–H groups in total. The normalized spacial score (nSPS) is 22.8. The van der Waals surface area contributed by atoms with Gasteiger partial charge >= 0.3 is 6.18 Å². The molecule has 0 radical (unpaired) electrons. The molecule has 1 aliphatic carbocycles. The topological polar surface area (TPSA) is 66.5 Å². The minimum atomic E-state index is -5.19. The van der Waals surface area contributed by atoms with Crippen LogP contribution in [0.1, 0.15) is 83.1 Å². The second-order valence-corrected chi connectivity index (χ2v) is 11.1. The quantitative estimate of drug-likeness (QED) is 0.625. The number of ketones is 1. The van der Waals surface area contributed by atoms with Crippen LogP contribution >= 0.6 is 0 Å². The van der Waals surface area contributed by atoms with Crippen LogP contribution in [-0.4, -0.2) is 40.8 Å². The van der Waals surface area contributed by atoms with Crippen molar-refractivity contribution >= 4 is 17.6 Å². The third-order valence-corrected chi connectivity index (χ3v) is 6.59. The van der Waals surface area contributed by atoms with E-state index in [1.807, 2.05) is 33.0 Å². The van der Waals surface area contributed by atoms with Gasteiger partial charge in [0.15, 0.2) is 5.78 Å². The van der Waals surface area contributed by atoms with E-state index < -0.39 is 40.3 Å². The second kappa shape index (κ2) is 8.54. The van der Waals surface area contributed by atoms with Gasteiger partial charge in [0, 0.05) is 24.2 Å². The molecule has 0 aromatic heterocycles. The molecule has 186 valence electrons. The first-order chi connectivity index (χ1) is 15.5. The molecule has 1 aromatic carbocycles. The maximum absolute atomic E-state index is 14.7. The van der Waals surface area contributed by atoms with Crippen molar-refractivity contribution in [3.63, 3.8) is 0 Å². The van der Waals surface area contributed by atoms with Crippen LogP contribution in [0.25, 0.3) is 0 Å². The summed E-state index contributed by atoms with van der Waals surface area (Å²) in [5.41, 5.74) is -3.82. The number of hydrogen-bond donors (Lipinski definition) is 1. The Balaban J connectivity index is 2.11. The minimum absolute atomic E-state index is 0.0119. The molecule has 5 nitrogen and oxygen atoms in total. The number of nitrogens with zero attached hydrogens (tertiary/aromatic N) is 1. The van der Waals surface area contributed by atoms with Crippen molar-refractivity contribution in [2.75, 3.05) is 6.54 Å². The fourth-order valence-electron chi connectivity index (χ4n) is 4.74. The van der Waals surface area contributed by atoms with Gasteiger partial charge in [-0.05, 0) is 41.4 Å². The largest absolute Gasteiger partial charge is 0.425 e. The average Bonchev–Trinajstić information content (AvgIpc) is 2.93. The molecule has 0 spiro atoms. The number of alkyl halides is 3. The number of rotatable bonds is 5. The molecular weight excluding hydrogens is 445 g/mol. The van der Waals surface area contributed by atoms with Crippen LogP contribution in [0.4, 0.5) is 13.2 Å². The van der Waals surface area contributed by atoms with Crippen molar-refractivity contribution in [2.24, 2.45) is 5.41 Å². The zero-order chi connectivity index (χ0) is 25.7. The molecular formula is C26H33F3N2O3. The second-order valence-electron chi connectivity index (χ2n) is 11.1. The summed E-state index contributed by atoms with van der Waals surface area (Å²) >= 11 is 0. The van der Waals surface area contributed by atoms with E-state index in [0.29, 0.717) is 12.8 Å². The van der Waals surface area contributed by atoms with Gasteiger partial charge in [-0.1, -0.05) is 60.1 Å². The SMILES string of the molecule is CCCCN1C(=O)C(NC(=O)c2ccc(C(C)(C)C)cc2)(C(F)(F)F)C2=C1CC(C)(C)CC2=O. The lowest BCUT2D eigenvalue weighted by Gasteiger charge is -2.35. The van der Waals surface area contributed by atoms with Crippen molar-refractivity contribution in [3.8, 4) is 0 Å². The van der Waals surface area contributed by atoms with Gasteiger partial charge in [0.25, 0.3) is 11.8 Å². The highest BCUT2D eigenvalue weighted by molar-refractivity contribution is 6.14. The van der Waals surface area contributed by atoms with E-state index in [1.54, 1.807) is 26.0 Å². The van der Waals surface area contributed by atoms with Gasteiger partial charge in [-0.2, -0.15) is 13.2 Å². The summed E-state index contributed by atoms with van der Waals surface area (Å²) in [7, 11) is 0. The van der Waals surface area contributed by atoms with E-state index in [0.717, 1.165) is 10.5 Å². The van der Waals surface area contributed by atoms with Gasteiger partial charge in [-0.3, -0.25) is 14.4 Å². The molecule has 0 saturated carbocycles. The van der Waals surface area contributed by atoms with E-state index in [-0.39, 0.29) is 36.1 Å². The molecule has 1 aliphatic heterocycles. The van der Waals surface area contributed by atoms with Crippen LogP contribution in [0.2, 0.25) is 0 Å². The summed E-state index contributed by atoms with van der Waals surface area (Å²) < 4.78 is 44.2. The molecule has 2 aliphatic rings. The Morgan fingerprint density at radius 1 is 1.06 bits per heavy atom. The Hall–Kier alpha value is -2.64. The van der Waals surface area contributed by atoms with Crippen molar-refractivity contribution in [2.45, 2.75) is 84.4 Å². The highest BCUT2D eigenvalue weighted by Crippen LogP contribution is 2.51. The van der Waals surface area contributed by atoms with Gasteiger partial charge in [0.1, 0.15) is 0 Å². The monoisotopic (exact) mass is 478 g/mol. The van der Waals surface area contributed by atoms with Crippen LogP contribution in [0, 0.1) is 5.41 Å². The standard InChI is InChI=1S/C26H33F3N2O3/c1-7-8-13-31-18-14-24(5,6)15-19(32)20(18)25(22(31)34,26(27,28)29)30-21(33)16-9-11-17(12-10-16)23(2,3)4/h9-12H,7-8,13-15H2,1-6H3,(H,30,33). The van der Waals surface area contributed by atoms with Crippen molar-refractivity contribution in [1.82, 2.24) is 10.2 Å². The first-order valence-electron chi connectivity index (χ1n) is 11.6. The molecule has 3 rings (SSSR count). The van der Waals surface area contributed by atoms with Gasteiger partial charge in [0.05, 0.1) is 5.57 Å². The van der Waals surface area contributed by atoms with E-state index in [4.69, 9.17) is 0 Å². The van der Waals surface area contributed by atoms with Gasteiger partial charge in [0.2, 0.25) is 5.54 Å². The number of carbonyl (C=O) groups excluding carboxylic acids is 3. The number of nitrogens with one attached hydrogen (secondary N) is 1. The first kappa shape index (κ1) is 26.0. The Morgan fingerprint density at radius 3 is 2.15 bits per heavy atom. The van der Waals surface area contributed by atoms with E-state index in [1.165, 1.54) is 12.1 Å². The molecule has 1 heterocycles. The summed E-state index contributed by atoms with van der Waals surface area (Å²) in [6.07, 6.45) is -4.03. The van der Waals surface area contributed by atoms with Gasteiger partial charge < -0.3 is 10.2 Å². The lowest BCUT2D eigenvalue weighted by molar-refractivity contribution is -0.190. The van der Waals surface area contributed by atoms with Crippen LogP contribution in [-0.2, 0) is 15.0 Å². The maximum Gasteiger partial charge on any atom is 0.425 e. The molecule has 0 fully saturated rings. The zero-order valence-electron chi connectivity index (χ0n) is 20.7. The highest BCUT2D eigenvalue weighted by Gasteiger charge is 2.71. The molecule has 0 bridgehead atoms. The van der Waals surface area contributed by atoms with Crippen molar-refractivity contribution in [1.29, 1.82) is 0 Å². The Labute approximate surface area is 198 Å². The molecule has 1 atom stereocenters. The maximum atomic E-state index is 14.7. The predicted octanol–water partition coefficient (Wildman–Crippen LogP) is 5.30. The lowest BCUT2D eigenvalue weighted by Crippen LogP contribution is -2.66. The number of amides is 2. The molecule has 0 saturated heterocycles. The number of hydrogen-bond acceptors (Lipinski definition) is 3. The molecule has 34 heavy (non-hydrogen) atoms. The fourth-order valence-corrected chi connectivity index (χ4v) is 4.74. The third-order valence-electron chi connectivity index (χ3n) is 6.59. The van der Waals surface area contributed by atoms with E-state index in [2.05, 4.69) is 0 Å². The van der Waals surface area contributed by atoms with E-state index in [9.17, 15) is 27.6 Å². The molecule has 8 heteroatoms. The Bertz CT molecular complexity index is 1030. The van der Waals surface area contributed by atoms with Crippen molar-refractivity contribution in [3.05, 3.63) is 46.7 Å². The molecule has 2 amide bonds. The average molecular weight is 479 g/mol. The lowest BCUT2D eigenvalue weighted by atomic mass is 9.72. The van der Waals surface area contributed by atoms with Crippen LogP contribution in [0.5, 0.6) is 0 Å². The van der Waals surface area contributed by atoms with Crippen LogP contribution < -0.4 is 5.32 Å². The molecule has 1 aromatic rings.